The zero-order valence-electron chi connectivity index (χ0n) is 5.37. The summed E-state index contributed by atoms with van der Waals surface area (Å²) in [7, 11) is 0. The van der Waals surface area contributed by atoms with Gasteiger partial charge in [0.05, 0.1) is 16.0 Å². The van der Waals surface area contributed by atoms with Crippen LogP contribution in [0.3, 0.4) is 0 Å². The van der Waals surface area contributed by atoms with Gasteiger partial charge in [-0.05, 0) is 22.9 Å². The molecule has 1 atom stereocenters. The fourth-order valence-electron chi connectivity index (χ4n) is 0.477. The van der Waals surface area contributed by atoms with Crippen LogP contribution in [0.4, 0.5) is 0 Å². The Morgan fingerprint density at radius 3 is 2.60 bits per heavy atom. The molecule has 0 aliphatic carbocycles. The molecule has 0 unspecified atom stereocenters. The van der Waals surface area contributed by atoms with Crippen LogP contribution >= 0.6 is 39.7 Å². The Morgan fingerprint density at radius 2 is 2.40 bits per heavy atom. The maximum Gasteiger partial charge on any atom is 0.110 e. The van der Waals surface area contributed by atoms with Gasteiger partial charge in [-0.1, -0.05) is 0 Å². The van der Waals surface area contributed by atoms with E-state index in [-0.39, 0.29) is 18.4 Å². The highest BCUT2D eigenvalue weighted by Gasteiger charge is 2.02. The standard InChI is InChI=1S/C5H7BrN2S.ClH/c1-3(7)5-8-2-4(6)9-5;/h2-3H,7H2,1H3;1H/t3-;/m1./s1. The number of aromatic nitrogens is 1. The summed E-state index contributed by atoms with van der Waals surface area (Å²) < 4.78 is 1.04. The molecule has 2 nitrogen and oxygen atoms in total. The van der Waals surface area contributed by atoms with Crippen LogP contribution in [-0.2, 0) is 0 Å². The third-order valence-electron chi connectivity index (χ3n) is 0.885. The molecule has 58 valence electrons. The Labute approximate surface area is 78.4 Å². The first-order valence-corrected chi connectivity index (χ1v) is 4.18. The van der Waals surface area contributed by atoms with Gasteiger partial charge in [-0.25, -0.2) is 4.98 Å². The zero-order chi connectivity index (χ0) is 6.85. The molecule has 0 spiro atoms. The van der Waals surface area contributed by atoms with E-state index in [1.807, 2.05) is 6.92 Å². The summed E-state index contributed by atoms with van der Waals surface area (Å²) in [4.78, 5) is 4.06. The molecule has 1 aromatic rings. The Bertz CT molecular complexity index is 201. The lowest BCUT2D eigenvalue weighted by molar-refractivity contribution is 0.807. The van der Waals surface area contributed by atoms with Crippen LogP contribution in [0.5, 0.6) is 0 Å². The van der Waals surface area contributed by atoms with E-state index in [1.165, 1.54) is 0 Å². The number of rotatable bonds is 1. The van der Waals surface area contributed by atoms with Crippen molar-refractivity contribution in [2.75, 3.05) is 0 Å². The first-order chi connectivity index (χ1) is 4.20. The number of thiazole rings is 1. The van der Waals surface area contributed by atoms with Crippen LogP contribution in [0.15, 0.2) is 9.98 Å². The molecule has 0 aliphatic rings. The van der Waals surface area contributed by atoms with E-state index in [0.29, 0.717) is 0 Å². The maximum absolute atomic E-state index is 5.55. The topological polar surface area (TPSA) is 38.9 Å². The number of nitrogens with two attached hydrogens (primary N) is 1. The molecule has 0 saturated heterocycles. The first-order valence-electron chi connectivity index (χ1n) is 2.57. The minimum Gasteiger partial charge on any atom is -0.322 e. The summed E-state index contributed by atoms with van der Waals surface area (Å²) in [5.41, 5.74) is 5.55. The zero-order valence-corrected chi connectivity index (χ0v) is 8.59. The molecule has 1 heterocycles. The van der Waals surface area contributed by atoms with Gasteiger partial charge in [0.1, 0.15) is 5.01 Å². The fraction of sp³-hybridized carbons (Fsp3) is 0.400. The number of hydrogen-bond acceptors (Lipinski definition) is 3. The average molecular weight is 244 g/mol. The minimum absolute atomic E-state index is 0. The van der Waals surface area contributed by atoms with Gasteiger partial charge in [-0.2, -0.15) is 0 Å². The van der Waals surface area contributed by atoms with E-state index in [4.69, 9.17) is 5.73 Å². The van der Waals surface area contributed by atoms with Crippen molar-refractivity contribution in [2.24, 2.45) is 5.73 Å². The van der Waals surface area contributed by atoms with Crippen LogP contribution in [0.2, 0.25) is 0 Å². The van der Waals surface area contributed by atoms with Crippen LogP contribution in [0.25, 0.3) is 0 Å². The lowest BCUT2D eigenvalue weighted by Gasteiger charge is -1.94. The van der Waals surface area contributed by atoms with Crippen molar-refractivity contribution in [2.45, 2.75) is 13.0 Å². The van der Waals surface area contributed by atoms with E-state index in [9.17, 15) is 0 Å². The van der Waals surface area contributed by atoms with Gasteiger partial charge in [-0.3, -0.25) is 0 Å². The molecule has 10 heavy (non-hydrogen) atoms. The van der Waals surface area contributed by atoms with Gasteiger partial charge < -0.3 is 5.73 Å². The lowest BCUT2D eigenvalue weighted by atomic mass is 10.4. The van der Waals surface area contributed by atoms with E-state index in [0.717, 1.165) is 8.79 Å². The molecule has 1 aromatic heterocycles. The molecule has 1 rings (SSSR count). The second-order valence-corrected chi connectivity index (χ2v) is 4.23. The van der Waals surface area contributed by atoms with Crippen molar-refractivity contribution < 1.29 is 0 Å². The van der Waals surface area contributed by atoms with Crippen LogP contribution in [-0.4, -0.2) is 4.98 Å². The van der Waals surface area contributed by atoms with E-state index < -0.39 is 0 Å². The van der Waals surface area contributed by atoms with Crippen molar-refractivity contribution in [1.82, 2.24) is 4.98 Å². The molecule has 0 amide bonds. The number of halogens is 2. The molecular weight excluding hydrogens is 235 g/mol. The second kappa shape index (κ2) is 4.28. The SMILES string of the molecule is C[C@@H](N)c1ncc(Br)s1.Cl. The number of nitrogens with zero attached hydrogens (tertiary/aromatic N) is 1. The largest absolute Gasteiger partial charge is 0.322 e. The Balaban J connectivity index is 0.000000810. The van der Waals surface area contributed by atoms with Gasteiger partial charge in [0.25, 0.3) is 0 Å². The van der Waals surface area contributed by atoms with E-state index >= 15 is 0 Å². The Kier molecular flexibility index (Phi) is 4.44. The maximum atomic E-state index is 5.55. The monoisotopic (exact) mass is 242 g/mol. The van der Waals surface area contributed by atoms with E-state index in [2.05, 4.69) is 20.9 Å². The average Bonchev–Trinajstić information content (AvgIpc) is 2.14. The smallest absolute Gasteiger partial charge is 0.110 e. The van der Waals surface area contributed by atoms with Crippen molar-refractivity contribution in [1.29, 1.82) is 0 Å². The van der Waals surface area contributed by atoms with Crippen LogP contribution in [0, 0.1) is 0 Å². The highest BCUT2D eigenvalue weighted by Crippen LogP contribution is 2.22. The second-order valence-electron chi connectivity index (χ2n) is 1.79. The van der Waals surface area contributed by atoms with Gasteiger partial charge in [-0.15, -0.1) is 23.7 Å². The predicted molar refractivity (Wildman–Crippen MR) is 49.7 cm³/mol. The highest BCUT2D eigenvalue weighted by molar-refractivity contribution is 9.11. The van der Waals surface area contributed by atoms with Crippen molar-refractivity contribution in [3.8, 4) is 0 Å². The highest BCUT2D eigenvalue weighted by atomic mass is 79.9. The van der Waals surface area contributed by atoms with Crippen molar-refractivity contribution in [3.05, 3.63) is 15.0 Å². The quantitative estimate of drug-likeness (QED) is 0.822. The predicted octanol–water partition coefficient (Wildman–Crippen LogP) is 2.35. The molecular formula is C5H8BrClN2S. The molecule has 0 aliphatic heterocycles. The summed E-state index contributed by atoms with van der Waals surface area (Å²) in [5.74, 6) is 0. The Hall–Kier alpha value is 0.360. The molecule has 0 bridgehead atoms. The summed E-state index contributed by atoms with van der Waals surface area (Å²) in [6, 6.07) is 0.0568. The summed E-state index contributed by atoms with van der Waals surface area (Å²) in [5, 5.41) is 0.974. The van der Waals surface area contributed by atoms with Gasteiger partial charge in [0, 0.05) is 0 Å². The summed E-state index contributed by atoms with van der Waals surface area (Å²) in [6.07, 6.45) is 1.77. The molecule has 2 N–H and O–H groups in total. The van der Waals surface area contributed by atoms with Crippen molar-refractivity contribution in [3.63, 3.8) is 0 Å². The Morgan fingerprint density at radius 1 is 1.80 bits per heavy atom. The molecule has 0 saturated carbocycles. The minimum atomic E-state index is 0. The normalized spacial score (nSPS) is 12.3. The lowest BCUT2D eigenvalue weighted by Crippen LogP contribution is -2.03. The molecule has 0 radical (unpaired) electrons. The van der Waals surface area contributed by atoms with Crippen LogP contribution in [0.1, 0.15) is 18.0 Å². The third kappa shape index (κ3) is 2.54. The van der Waals surface area contributed by atoms with Crippen molar-refractivity contribution >= 4 is 39.7 Å². The number of hydrogen-bond donors (Lipinski definition) is 1. The van der Waals surface area contributed by atoms with Gasteiger partial charge >= 0.3 is 0 Å². The fourth-order valence-corrected chi connectivity index (χ4v) is 1.67. The molecule has 0 fully saturated rings. The van der Waals surface area contributed by atoms with Gasteiger partial charge in [0.15, 0.2) is 0 Å². The summed E-state index contributed by atoms with van der Waals surface area (Å²) in [6.45, 7) is 1.92. The van der Waals surface area contributed by atoms with Gasteiger partial charge in [0.2, 0.25) is 0 Å². The van der Waals surface area contributed by atoms with Crippen LogP contribution < -0.4 is 5.73 Å². The first kappa shape index (κ1) is 10.4. The third-order valence-corrected chi connectivity index (χ3v) is 2.56. The van der Waals surface area contributed by atoms with E-state index in [1.54, 1.807) is 17.5 Å². The molecule has 5 heteroatoms. The summed E-state index contributed by atoms with van der Waals surface area (Å²) >= 11 is 4.88. The molecule has 0 aromatic carbocycles.